The SMILES string of the molecule is CC(=O)Nc1nc(C(=O)NCCNS(=O)(=O)c2ccc(C)cc2)cs1. The first kappa shape index (κ1) is 19.0. The van der Waals surface area contributed by atoms with Crippen molar-refractivity contribution < 1.29 is 18.0 Å². The van der Waals surface area contributed by atoms with E-state index in [2.05, 4.69) is 20.3 Å². The quantitative estimate of drug-likeness (QED) is 0.620. The van der Waals surface area contributed by atoms with Gasteiger partial charge in [-0.1, -0.05) is 17.7 Å². The van der Waals surface area contributed by atoms with Gasteiger partial charge in [0.2, 0.25) is 15.9 Å². The first-order chi connectivity index (χ1) is 11.8. The summed E-state index contributed by atoms with van der Waals surface area (Å²) in [6, 6.07) is 6.47. The lowest BCUT2D eigenvalue weighted by Crippen LogP contribution is -2.34. The van der Waals surface area contributed by atoms with Crippen LogP contribution in [0.3, 0.4) is 0 Å². The molecule has 25 heavy (non-hydrogen) atoms. The molecule has 2 rings (SSSR count). The van der Waals surface area contributed by atoms with Crippen molar-refractivity contribution in [3.8, 4) is 0 Å². The molecule has 10 heteroatoms. The topological polar surface area (TPSA) is 117 Å². The molecule has 2 amide bonds. The molecule has 0 fully saturated rings. The Morgan fingerprint density at radius 3 is 2.48 bits per heavy atom. The predicted octanol–water partition coefficient (Wildman–Crippen LogP) is 1.12. The molecular weight excluding hydrogens is 364 g/mol. The van der Waals surface area contributed by atoms with E-state index in [-0.39, 0.29) is 29.6 Å². The highest BCUT2D eigenvalue weighted by Crippen LogP contribution is 2.15. The standard InChI is InChI=1S/C15H18N4O4S2/c1-10-3-5-12(6-4-10)25(22,23)17-8-7-16-14(21)13-9-24-15(19-13)18-11(2)20/h3-6,9,17H,7-8H2,1-2H3,(H,16,21)(H,18,19,20). The molecule has 8 nitrogen and oxygen atoms in total. The highest BCUT2D eigenvalue weighted by atomic mass is 32.2. The number of rotatable bonds is 7. The summed E-state index contributed by atoms with van der Waals surface area (Å²) in [6.45, 7) is 3.37. The summed E-state index contributed by atoms with van der Waals surface area (Å²) in [5, 5.41) is 6.89. The Labute approximate surface area is 149 Å². The van der Waals surface area contributed by atoms with Gasteiger partial charge in [0.1, 0.15) is 5.69 Å². The van der Waals surface area contributed by atoms with Crippen LogP contribution in [-0.2, 0) is 14.8 Å². The van der Waals surface area contributed by atoms with Crippen LogP contribution in [0, 0.1) is 6.92 Å². The van der Waals surface area contributed by atoms with Crippen molar-refractivity contribution in [3.63, 3.8) is 0 Å². The van der Waals surface area contributed by atoms with Crippen LogP contribution >= 0.6 is 11.3 Å². The number of hydrogen-bond donors (Lipinski definition) is 3. The van der Waals surface area contributed by atoms with Crippen molar-refractivity contribution in [2.45, 2.75) is 18.7 Å². The van der Waals surface area contributed by atoms with Crippen LogP contribution in [0.2, 0.25) is 0 Å². The van der Waals surface area contributed by atoms with Gasteiger partial charge < -0.3 is 10.6 Å². The summed E-state index contributed by atoms with van der Waals surface area (Å²) in [4.78, 5) is 27.0. The van der Waals surface area contributed by atoms with Gasteiger partial charge in [0.25, 0.3) is 5.91 Å². The molecule has 1 aromatic carbocycles. The molecule has 1 aromatic heterocycles. The van der Waals surface area contributed by atoms with Crippen molar-refractivity contribution in [1.82, 2.24) is 15.0 Å². The van der Waals surface area contributed by atoms with E-state index in [1.807, 2.05) is 6.92 Å². The van der Waals surface area contributed by atoms with Gasteiger partial charge in [-0.25, -0.2) is 18.1 Å². The number of aromatic nitrogens is 1. The molecule has 0 saturated heterocycles. The zero-order valence-corrected chi connectivity index (χ0v) is 15.3. The van der Waals surface area contributed by atoms with Gasteiger partial charge in [-0.2, -0.15) is 0 Å². The molecule has 0 spiro atoms. The largest absolute Gasteiger partial charge is 0.349 e. The van der Waals surface area contributed by atoms with Gasteiger partial charge in [-0.05, 0) is 19.1 Å². The molecule has 0 aliphatic carbocycles. The molecule has 0 aliphatic rings. The number of carbonyl (C=O) groups is 2. The smallest absolute Gasteiger partial charge is 0.270 e. The Morgan fingerprint density at radius 1 is 1.16 bits per heavy atom. The number of carbonyl (C=O) groups excluding carboxylic acids is 2. The summed E-state index contributed by atoms with van der Waals surface area (Å²) in [5.74, 6) is -0.714. The Hall–Kier alpha value is -2.30. The van der Waals surface area contributed by atoms with Gasteiger partial charge in [-0.15, -0.1) is 11.3 Å². The highest BCUT2D eigenvalue weighted by Gasteiger charge is 2.14. The average molecular weight is 382 g/mol. The summed E-state index contributed by atoms with van der Waals surface area (Å²) in [7, 11) is -3.61. The van der Waals surface area contributed by atoms with E-state index in [9.17, 15) is 18.0 Å². The predicted molar refractivity (Wildman–Crippen MR) is 95.1 cm³/mol. The maximum atomic E-state index is 12.1. The van der Waals surface area contributed by atoms with E-state index in [1.54, 1.807) is 12.1 Å². The summed E-state index contributed by atoms with van der Waals surface area (Å²) in [6.07, 6.45) is 0. The van der Waals surface area contributed by atoms with E-state index in [4.69, 9.17) is 0 Å². The fourth-order valence-electron chi connectivity index (χ4n) is 1.84. The summed E-state index contributed by atoms with van der Waals surface area (Å²) < 4.78 is 26.6. The second-order valence-electron chi connectivity index (χ2n) is 5.19. The zero-order valence-electron chi connectivity index (χ0n) is 13.7. The van der Waals surface area contributed by atoms with Crippen molar-refractivity contribution in [3.05, 3.63) is 40.9 Å². The van der Waals surface area contributed by atoms with Crippen molar-refractivity contribution in [2.75, 3.05) is 18.4 Å². The number of amides is 2. The number of nitrogens with zero attached hydrogens (tertiary/aromatic N) is 1. The number of benzene rings is 1. The average Bonchev–Trinajstić information content (AvgIpc) is 2.99. The van der Waals surface area contributed by atoms with Gasteiger partial charge in [0.05, 0.1) is 4.90 Å². The number of thiazole rings is 1. The Balaban J connectivity index is 1.82. The van der Waals surface area contributed by atoms with Crippen molar-refractivity contribution in [1.29, 1.82) is 0 Å². The van der Waals surface area contributed by atoms with Crippen LogP contribution in [0.1, 0.15) is 23.0 Å². The monoisotopic (exact) mass is 382 g/mol. The molecule has 0 bridgehead atoms. The Kier molecular flexibility index (Phi) is 6.23. The minimum atomic E-state index is -3.61. The maximum Gasteiger partial charge on any atom is 0.270 e. The van der Waals surface area contributed by atoms with Crippen molar-refractivity contribution in [2.24, 2.45) is 0 Å². The number of aryl methyl sites for hydroxylation is 1. The molecular formula is C15H18N4O4S2. The van der Waals surface area contributed by atoms with E-state index in [0.29, 0.717) is 5.13 Å². The number of anilines is 1. The second-order valence-corrected chi connectivity index (χ2v) is 7.81. The highest BCUT2D eigenvalue weighted by molar-refractivity contribution is 7.89. The van der Waals surface area contributed by atoms with Crippen molar-refractivity contribution >= 4 is 38.3 Å². The van der Waals surface area contributed by atoms with E-state index >= 15 is 0 Å². The van der Waals surface area contributed by atoms with Crippen LogP contribution < -0.4 is 15.4 Å². The zero-order chi connectivity index (χ0) is 18.4. The molecule has 0 unspecified atom stereocenters. The minimum absolute atomic E-state index is 0.0463. The van der Waals surface area contributed by atoms with Crippen LogP contribution in [0.15, 0.2) is 34.5 Å². The molecule has 0 atom stereocenters. The Bertz CT molecular complexity index is 860. The number of nitrogens with one attached hydrogen (secondary N) is 3. The molecule has 0 aliphatic heterocycles. The fourth-order valence-corrected chi connectivity index (χ4v) is 3.61. The molecule has 3 N–H and O–H groups in total. The van der Waals surface area contributed by atoms with Gasteiger partial charge in [-0.3, -0.25) is 9.59 Å². The normalized spacial score (nSPS) is 11.1. The third-order valence-corrected chi connectivity index (χ3v) is 5.29. The fraction of sp³-hybridized carbons (Fsp3) is 0.267. The van der Waals surface area contributed by atoms with Gasteiger partial charge in [0, 0.05) is 25.4 Å². The maximum absolute atomic E-state index is 12.1. The molecule has 1 heterocycles. The van der Waals surface area contributed by atoms with E-state index < -0.39 is 15.9 Å². The molecule has 0 radical (unpaired) electrons. The molecule has 0 saturated carbocycles. The summed E-state index contributed by atoms with van der Waals surface area (Å²) >= 11 is 1.13. The number of hydrogen-bond acceptors (Lipinski definition) is 6. The second kappa shape index (κ2) is 8.19. The Morgan fingerprint density at radius 2 is 1.84 bits per heavy atom. The summed E-state index contributed by atoms with van der Waals surface area (Å²) in [5.41, 5.74) is 1.13. The first-order valence-corrected chi connectivity index (χ1v) is 9.72. The van der Waals surface area contributed by atoms with Crippen LogP contribution in [0.5, 0.6) is 0 Å². The lowest BCUT2D eigenvalue weighted by atomic mass is 10.2. The van der Waals surface area contributed by atoms with Crippen LogP contribution in [-0.4, -0.2) is 38.3 Å². The lowest BCUT2D eigenvalue weighted by molar-refractivity contribution is -0.114. The third kappa shape index (κ3) is 5.62. The first-order valence-electron chi connectivity index (χ1n) is 7.35. The van der Waals surface area contributed by atoms with E-state index in [0.717, 1.165) is 16.9 Å². The molecule has 134 valence electrons. The van der Waals surface area contributed by atoms with Crippen LogP contribution in [0.4, 0.5) is 5.13 Å². The van der Waals surface area contributed by atoms with Crippen LogP contribution in [0.25, 0.3) is 0 Å². The third-order valence-electron chi connectivity index (χ3n) is 3.05. The molecule has 2 aromatic rings. The van der Waals surface area contributed by atoms with Gasteiger partial charge >= 0.3 is 0 Å². The van der Waals surface area contributed by atoms with E-state index in [1.165, 1.54) is 24.4 Å². The van der Waals surface area contributed by atoms with Gasteiger partial charge in [0.15, 0.2) is 5.13 Å². The lowest BCUT2D eigenvalue weighted by Gasteiger charge is -2.07. The number of sulfonamides is 1. The minimum Gasteiger partial charge on any atom is -0.349 e.